The second-order valence-corrected chi connectivity index (χ2v) is 7.65. The van der Waals surface area contributed by atoms with E-state index in [2.05, 4.69) is 10.3 Å². The molecule has 0 unspecified atom stereocenters. The number of hydrogen-bond donors (Lipinski definition) is 1. The highest BCUT2D eigenvalue weighted by atomic mass is 32.1. The van der Waals surface area contributed by atoms with Gasteiger partial charge in [0.15, 0.2) is 0 Å². The summed E-state index contributed by atoms with van der Waals surface area (Å²) in [6, 6.07) is 27.0. The van der Waals surface area contributed by atoms with Gasteiger partial charge in [0.25, 0.3) is 5.91 Å². The van der Waals surface area contributed by atoms with Crippen molar-refractivity contribution in [1.82, 2.24) is 10.3 Å². The molecule has 5 nitrogen and oxygen atoms in total. The second kappa shape index (κ2) is 9.82. The first-order valence-electron chi connectivity index (χ1n) is 9.78. The number of benzene rings is 3. The van der Waals surface area contributed by atoms with E-state index in [1.807, 2.05) is 78.2 Å². The molecule has 6 heteroatoms. The van der Waals surface area contributed by atoms with E-state index < -0.39 is 5.97 Å². The molecule has 0 saturated carbocycles. The summed E-state index contributed by atoms with van der Waals surface area (Å²) in [7, 11) is 0. The molecule has 0 aliphatic heterocycles. The van der Waals surface area contributed by atoms with Crippen LogP contribution in [0.2, 0.25) is 0 Å². The van der Waals surface area contributed by atoms with Crippen molar-refractivity contribution in [3.8, 4) is 21.7 Å². The number of thiazole rings is 1. The van der Waals surface area contributed by atoms with Crippen molar-refractivity contribution in [3.05, 3.63) is 102 Å². The Kier molecular flexibility index (Phi) is 6.50. The summed E-state index contributed by atoms with van der Waals surface area (Å²) in [5.74, 6) is -0.833. The molecule has 1 aromatic heterocycles. The van der Waals surface area contributed by atoms with Crippen LogP contribution in [0.5, 0.6) is 0 Å². The molecular weight excluding hydrogens is 408 g/mol. The monoisotopic (exact) mass is 428 g/mol. The lowest BCUT2D eigenvalue weighted by Crippen LogP contribution is -2.30. The summed E-state index contributed by atoms with van der Waals surface area (Å²) in [5, 5.41) is 5.33. The Morgan fingerprint density at radius 2 is 1.42 bits per heavy atom. The van der Waals surface area contributed by atoms with E-state index in [1.165, 1.54) is 11.3 Å². The first-order chi connectivity index (χ1) is 15.2. The number of esters is 1. The average Bonchev–Trinajstić information content (AvgIpc) is 3.31. The van der Waals surface area contributed by atoms with Crippen molar-refractivity contribution in [2.24, 2.45) is 0 Å². The number of rotatable bonds is 7. The van der Waals surface area contributed by atoms with E-state index in [9.17, 15) is 9.59 Å². The molecule has 0 spiro atoms. The third-order valence-electron chi connectivity index (χ3n) is 4.60. The van der Waals surface area contributed by atoms with Gasteiger partial charge in [-0.05, 0) is 23.3 Å². The molecule has 0 aliphatic rings. The van der Waals surface area contributed by atoms with Gasteiger partial charge in [0, 0.05) is 16.5 Å². The van der Waals surface area contributed by atoms with Crippen LogP contribution in [0.15, 0.2) is 90.3 Å². The number of hydrogen-bond acceptors (Lipinski definition) is 5. The molecule has 0 fully saturated rings. The predicted octanol–water partition coefficient (Wildman–Crippen LogP) is 4.95. The molecule has 31 heavy (non-hydrogen) atoms. The third-order valence-corrected chi connectivity index (χ3v) is 5.54. The van der Waals surface area contributed by atoms with Gasteiger partial charge in [-0.3, -0.25) is 9.59 Å². The summed E-state index contributed by atoms with van der Waals surface area (Å²) in [6.45, 7) is -0.126. The first kappa shape index (κ1) is 20.5. The van der Waals surface area contributed by atoms with Crippen LogP contribution in [-0.2, 0) is 16.1 Å². The highest BCUT2D eigenvalue weighted by Crippen LogP contribution is 2.23. The Bertz CT molecular complexity index is 1160. The lowest BCUT2D eigenvalue weighted by Gasteiger charge is -2.07. The number of carbonyl (C=O) groups excluding carboxylic acids is 2. The van der Waals surface area contributed by atoms with Gasteiger partial charge in [0.2, 0.25) is 0 Å². The molecule has 0 aliphatic carbocycles. The number of carbonyl (C=O) groups is 2. The molecule has 1 heterocycles. The summed E-state index contributed by atoms with van der Waals surface area (Å²) in [4.78, 5) is 28.8. The molecule has 0 atom stereocenters. The highest BCUT2D eigenvalue weighted by Gasteiger charge is 2.11. The van der Waals surface area contributed by atoms with Crippen LogP contribution in [0.25, 0.3) is 21.7 Å². The minimum atomic E-state index is -0.511. The van der Waals surface area contributed by atoms with E-state index >= 15 is 0 Å². The summed E-state index contributed by atoms with van der Waals surface area (Å²) < 4.78 is 5.23. The molecule has 154 valence electrons. The van der Waals surface area contributed by atoms with Gasteiger partial charge in [-0.1, -0.05) is 72.8 Å². The fourth-order valence-corrected chi connectivity index (χ4v) is 3.80. The lowest BCUT2D eigenvalue weighted by atomic mass is 10.0. The number of nitrogens with one attached hydrogen (secondary N) is 1. The molecule has 1 N–H and O–H groups in total. The predicted molar refractivity (Wildman–Crippen MR) is 122 cm³/mol. The summed E-state index contributed by atoms with van der Waals surface area (Å²) in [6.07, 6.45) is 0. The minimum absolute atomic E-state index is 0.0732. The fourth-order valence-electron chi connectivity index (χ4n) is 2.99. The van der Waals surface area contributed by atoms with Crippen molar-refractivity contribution < 1.29 is 14.3 Å². The van der Waals surface area contributed by atoms with Crippen LogP contribution in [0, 0.1) is 0 Å². The van der Waals surface area contributed by atoms with Gasteiger partial charge in [0.05, 0.1) is 5.69 Å². The second-order valence-electron chi connectivity index (χ2n) is 6.80. The Morgan fingerprint density at radius 1 is 0.806 bits per heavy atom. The minimum Gasteiger partial charge on any atom is -0.458 e. The average molecular weight is 429 g/mol. The topological polar surface area (TPSA) is 68.3 Å². The fraction of sp³-hybridized carbons (Fsp3) is 0.0800. The van der Waals surface area contributed by atoms with Gasteiger partial charge in [-0.15, -0.1) is 11.3 Å². The molecular formula is C25H20N2O3S. The van der Waals surface area contributed by atoms with E-state index in [4.69, 9.17) is 4.74 Å². The van der Waals surface area contributed by atoms with Crippen molar-refractivity contribution in [1.29, 1.82) is 0 Å². The lowest BCUT2D eigenvalue weighted by molar-refractivity contribution is -0.143. The first-order valence-corrected chi connectivity index (χ1v) is 10.7. The van der Waals surface area contributed by atoms with E-state index in [-0.39, 0.29) is 19.1 Å². The van der Waals surface area contributed by atoms with Gasteiger partial charge in [-0.25, -0.2) is 4.98 Å². The SMILES string of the molecule is O=C(CNC(=O)c1ccc(-c2ccccc2)cc1)OCc1csc(-c2ccccc2)n1. The quantitative estimate of drug-likeness (QED) is 0.423. The van der Waals surface area contributed by atoms with Gasteiger partial charge in [0.1, 0.15) is 18.2 Å². The maximum absolute atomic E-state index is 12.3. The van der Waals surface area contributed by atoms with Crippen LogP contribution in [0.3, 0.4) is 0 Å². The zero-order valence-electron chi connectivity index (χ0n) is 16.7. The zero-order valence-corrected chi connectivity index (χ0v) is 17.5. The smallest absolute Gasteiger partial charge is 0.325 e. The van der Waals surface area contributed by atoms with Gasteiger partial charge < -0.3 is 10.1 Å². The molecule has 0 saturated heterocycles. The number of nitrogens with zero attached hydrogens (tertiary/aromatic N) is 1. The van der Waals surface area contributed by atoms with Crippen molar-refractivity contribution in [2.75, 3.05) is 6.54 Å². The Labute approximate surface area is 184 Å². The van der Waals surface area contributed by atoms with Gasteiger partial charge >= 0.3 is 5.97 Å². The number of aromatic nitrogens is 1. The molecule has 0 bridgehead atoms. The number of amides is 1. The molecule has 0 radical (unpaired) electrons. The maximum Gasteiger partial charge on any atom is 0.325 e. The van der Waals surface area contributed by atoms with E-state index in [0.29, 0.717) is 11.3 Å². The maximum atomic E-state index is 12.3. The normalized spacial score (nSPS) is 10.5. The summed E-state index contributed by atoms with van der Waals surface area (Å²) in [5.41, 5.74) is 4.29. The molecule has 1 amide bonds. The zero-order chi connectivity index (χ0) is 21.5. The van der Waals surface area contributed by atoms with E-state index in [0.717, 1.165) is 21.7 Å². The molecule has 4 aromatic rings. The molecule has 4 rings (SSSR count). The van der Waals surface area contributed by atoms with Crippen LogP contribution in [-0.4, -0.2) is 23.4 Å². The third kappa shape index (κ3) is 5.43. The van der Waals surface area contributed by atoms with E-state index in [1.54, 1.807) is 12.1 Å². The van der Waals surface area contributed by atoms with Crippen molar-refractivity contribution >= 4 is 23.2 Å². The van der Waals surface area contributed by atoms with Crippen LogP contribution in [0.1, 0.15) is 16.1 Å². The Hall–Kier alpha value is -3.77. The standard InChI is InChI=1S/C25H20N2O3S/c28-23(30-16-22-17-31-25(27-22)21-9-5-2-6-10-21)15-26-24(29)20-13-11-19(12-14-20)18-7-3-1-4-8-18/h1-14,17H,15-16H2,(H,26,29). The summed E-state index contributed by atoms with van der Waals surface area (Å²) >= 11 is 1.50. The van der Waals surface area contributed by atoms with Crippen LogP contribution < -0.4 is 5.32 Å². The van der Waals surface area contributed by atoms with Crippen LogP contribution >= 0.6 is 11.3 Å². The Balaban J connectivity index is 1.25. The van der Waals surface area contributed by atoms with Gasteiger partial charge in [-0.2, -0.15) is 0 Å². The van der Waals surface area contributed by atoms with Crippen molar-refractivity contribution in [3.63, 3.8) is 0 Å². The molecule has 3 aromatic carbocycles. The largest absolute Gasteiger partial charge is 0.458 e. The number of ether oxygens (including phenoxy) is 1. The highest BCUT2D eigenvalue weighted by molar-refractivity contribution is 7.13. The van der Waals surface area contributed by atoms with Crippen molar-refractivity contribution in [2.45, 2.75) is 6.61 Å². The Morgan fingerprint density at radius 3 is 2.10 bits per heavy atom. The van der Waals surface area contributed by atoms with Crippen LogP contribution in [0.4, 0.5) is 0 Å².